The molecule has 1 atom stereocenters. The first-order valence-corrected chi connectivity index (χ1v) is 20.9. The Morgan fingerprint density at radius 2 is 1.62 bits per heavy atom. The van der Waals surface area contributed by atoms with Crippen molar-refractivity contribution in [3.05, 3.63) is 81.1 Å². The highest BCUT2D eigenvalue weighted by molar-refractivity contribution is 6.40. The number of hydrogen-bond acceptors (Lipinski definition) is 8. The van der Waals surface area contributed by atoms with Gasteiger partial charge in [0.05, 0.1) is 38.2 Å². The number of benzene rings is 2. The Labute approximate surface area is 347 Å². The van der Waals surface area contributed by atoms with E-state index in [-0.39, 0.29) is 39.0 Å². The molecule has 5 N–H and O–H groups in total. The Balaban J connectivity index is 0.919. The lowest BCUT2D eigenvalue weighted by atomic mass is 9.80. The third-order valence-electron chi connectivity index (χ3n) is 12.9. The molecule has 2 aromatic heterocycles. The van der Waals surface area contributed by atoms with Gasteiger partial charge in [-0.15, -0.1) is 0 Å². The molecular formula is C42H49Cl2N9O5. The van der Waals surface area contributed by atoms with Gasteiger partial charge in [-0.3, -0.25) is 28.8 Å². The van der Waals surface area contributed by atoms with Crippen molar-refractivity contribution in [1.82, 2.24) is 34.9 Å². The molecular weight excluding hydrogens is 781 g/mol. The number of amides is 3. The van der Waals surface area contributed by atoms with E-state index in [4.69, 9.17) is 28.2 Å². The van der Waals surface area contributed by atoms with Crippen LogP contribution in [-0.2, 0) is 36.1 Å². The maximum atomic E-state index is 13.8. The number of imidazole rings is 1. The summed E-state index contributed by atoms with van der Waals surface area (Å²) in [5.74, 6) is -1.21. The van der Waals surface area contributed by atoms with E-state index in [2.05, 4.69) is 31.3 Å². The highest BCUT2D eigenvalue weighted by atomic mass is 35.5. The normalized spacial score (nSPS) is 22.3. The minimum absolute atomic E-state index is 0.00965. The van der Waals surface area contributed by atoms with E-state index >= 15 is 0 Å². The molecule has 8 rings (SSSR count). The van der Waals surface area contributed by atoms with Gasteiger partial charge < -0.3 is 30.9 Å². The number of carbonyl (C=O) groups is 4. The van der Waals surface area contributed by atoms with Crippen molar-refractivity contribution in [1.29, 1.82) is 0 Å². The van der Waals surface area contributed by atoms with Crippen molar-refractivity contribution in [2.24, 2.45) is 17.9 Å². The van der Waals surface area contributed by atoms with Crippen molar-refractivity contribution < 1.29 is 24.3 Å². The molecule has 2 aliphatic heterocycles. The van der Waals surface area contributed by atoms with E-state index in [0.717, 1.165) is 88.0 Å². The number of aromatic nitrogens is 4. The second-order valence-electron chi connectivity index (χ2n) is 16.5. The Morgan fingerprint density at radius 3 is 2.28 bits per heavy atom. The van der Waals surface area contributed by atoms with Gasteiger partial charge in [0.1, 0.15) is 0 Å². The summed E-state index contributed by atoms with van der Waals surface area (Å²) in [5, 5.41) is 27.1. The van der Waals surface area contributed by atoms with Crippen LogP contribution in [0, 0.1) is 10.8 Å². The van der Waals surface area contributed by atoms with Gasteiger partial charge >= 0.3 is 5.97 Å². The number of carboxylic acid groups (broad SMARTS) is 1. The Kier molecular flexibility index (Phi) is 11.1. The molecule has 2 bridgehead atoms. The second kappa shape index (κ2) is 16.1. The number of hydrogen-bond donors (Lipinski definition) is 5. The van der Waals surface area contributed by atoms with E-state index in [1.54, 1.807) is 42.5 Å². The lowest BCUT2D eigenvalue weighted by Gasteiger charge is -2.32. The molecule has 2 aliphatic carbocycles. The summed E-state index contributed by atoms with van der Waals surface area (Å²) >= 11 is 13.9. The quantitative estimate of drug-likeness (QED) is 0.0951. The standard InChI is InChI=1S/C42H49Cl2N9O5/c1-25(54)45-17-18-46-28-10-5-19-53-34(28)22-31(50-53)38(55)48-29-8-3-6-26(35(29)43)27-7-4-9-30(36(27)44)49-39(56)37-47-32-23-52(20-11-33(32)51(37)2)21-16-41-12-14-42(24-41,15-13-41)40(57)58/h3-4,6-9,22,28,46H,5,10-21,23-24H2,1-2H3,(H,45,54)(H,48,55)(H,49,56)(H,57,58). The Morgan fingerprint density at radius 1 is 0.931 bits per heavy atom. The van der Waals surface area contributed by atoms with Gasteiger partial charge in [-0.05, 0) is 81.5 Å². The summed E-state index contributed by atoms with van der Waals surface area (Å²) in [6, 6.07) is 12.4. The molecule has 2 saturated carbocycles. The number of halogens is 2. The van der Waals surface area contributed by atoms with Gasteiger partial charge in [-0.25, -0.2) is 4.98 Å². The predicted octanol–water partition coefficient (Wildman–Crippen LogP) is 6.44. The van der Waals surface area contributed by atoms with Gasteiger partial charge in [0, 0.05) is 76.0 Å². The zero-order valence-corrected chi connectivity index (χ0v) is 34.3. The smallest absolute Gasteiger partial charge is 0.309 e. The number of aryl methyl sites for hydroxylation is 1. The molecule has 14 nitrogen and oxygen atoms in total. The highest BCUT2D eigenvalue weighted by Crippen LogP contribution is 2.63. The molecule has 58 heavy (non-hydrogen) atoms. The Bertz CT molecular complexity index is 2280. The van der Waals surface area contributed by atoms with Crippen molar-refractivity contribution in [2.75, 3.05) is 36.8 Å². The molecule has 1 unspecified atom stereocenters. The van der Waals surface area contributed by atoms with Gasteiger partial charge in [0.15, 0.2) is 11.5 Å². The lowest BCUT2D eigenvalue weighted by Crippen LogP contribution is -2.34. The van der Waals surface area contributed by atoms with Crippen LogP contribution < -0.4 is 21.3 Å². The van der Waals surface area contributed by atoms with Gasteiger partial charge in [0.25, 0.3) is 11.8 Å². The molecule has 4 aliphatic rings. The first-order chi connectivity index (χ1) is 27.8. The molecule has 0 saturated heterocycles. The molecule has 16 heteroatoms. The zero-order valence-electron chi connectivity index (χ0n) is 32.8. The van der Waals surface area contributed by atoms with Crippen LogP contribution >= 0.6 is 23.2 Å². The number of fused-ring (bicyclic) bond motifs is 4. The number of carboxylic acids is 1. The van der Waals surface area contributed by atoms with E-state index < -0.39 is 17.3 Å². The maximum Gasteiger partial charge on any atom is 0.309 e. The molecule has 4 aromatic rings. The van der Waals surface area contributed by atoms with Crippen LogP contribution in [0.15, 0.2) is 42.5 Å². The van der Waals surface area contributed by atoms with Gasteiger partial charge in [-0.2, -0.15) is 5.10 Å². The number of anilines is 2. The zero-order chi connectivity index (χ0) is 40.8. The fraction of sp³-hybridized carbons (Fsp3) is 0.476. The number of aliphatic carboxylic acids is 1. The average Bonchev–Trinajstić information content (AvgIpc) is 3.99. The topological polar surface area (TPSA) is 176 Å². The van der Waals surface area contributed by atoms with Crippen LogP contribution in [0.5, 0.6) is 0 Å². The molecule has 0 spiro atoms. The van der Waals surface area contributed by atoms with Crippen LogP contribution in [0.4, 0.5) is 11.4 Å². The van der Waals surface area contributed by atoms with Crippen LogP contribution in [0.2, 0.25) is 10.0 Å². The van der Waals surface area contributed by atoms with E-state index in [0.29, 0.717) is 54.5 Å². The summed E-state index contributed by atoms with van der Waals surface area (Å²) in [6.07, 6.45) is 7.89. The van der Waals surface area contributed by atoms with Crippen LogP contribution in [-0.4, -0.2) is 79.2 Å². The Hall–Kier alpha value is -4.76. The third-order valence-corrected chi connectivity index (χ3v) is 13.7. The van der Waals surface area contributed by atoms with Crippen LogP contribution in [0.1, 0.15) is 103 Å². The molecule has 2 fully saturated rings. The first kappa shape index (κ1) is 40.0. The van der Waals surface area contributed by atoms with E-state index in [9.17, 15) is 24.3 Å². The number of nitrogens with zero attached hydrogens (tertiary/aromatic N) is 5. The monoisotopic (exact) mass is 829 g/mol. The van der Waals surface area contributed by atoms with Gasteiger partial charge in [0.2, 0.25) is 5.91 Å². The average molecular weight is 831 g/mol. The third kappa shape index (κ3) is 7.74. The van der Waals surface area contributed by atoms with Crippen LogP contribution in [0.25, 0.3) is 11.1 Å². The molecule has 4 heterocycles. The molecule has 306 valence electrons. The summed E-state index contributed by atoms with van der Waals surface area (Å²) in [5.41, 5.74) is 4.63. The SMILES string of the molecule is CC(=O)NCCNC1CCCn2nc(C(=O)Nc3cccc(-c4cccc(NC(=O)c5nc6c(n5C)CCN(CCC57CCC(C(=O)O)(CC5)C7)C6)c4Cl)c3Cl)cc21. The number of rotatable bonds is 13. The highest BCUT2D eigenvalue weighted by Gasteiger charge is 2.57. The minimum atomic E-state index is -0.633. The van der Waals surface area contributed by atoms with E-state index in [1.165, 1.54) is 6.92 Å². The van der Waals surface area contributed by atoms with Crippen molar-refractivity contribution >= 4 is 58.3 Å². The predicted molar refractivity (Wildman–Crippen MR) is 221 cm³/mol. The fourth-order valence-corrected chi connectivity index (χ4v) is 10.2. The molecule has 0 radical (unpaired) electrons. The fourth-order valence-electron chi connectivity index (χ4n) is 9.65. The largest absolute Gasteiger partial charge is 0.481 e. The number of carbonyl (C=O) groups excluding carboxylic acids is 3. The summed E-state index contributed by atoms with van der Waals surface area (Å²) < 4.78 is 3.71. The maximum absolute atomic E-state index is 13.8. The van der Waals surface area contributed by atoms with E-state index in [1.807, 2.05) is 16.3 Å². The van der Waals surface area contributed by atoms with Gasteiger partial charge in [-0.1, -0.05) is 47.5 Å². The minimum Gasteiger partial charge on any atom is -0.481 e. The molecule has 3 amide bonds. The van der Waals surface area contributed by atoms with Crippen molar-refractivity contribution in [2.45, 2.75) is 83.8 Å². The summed E-state index contributed by atoms with van der Waals surface area (Å²) in [6.45, 7) is 5.67. The number of nitrogens with one attached hydrogen (secondary N) is 4. The van der Waals surface area contributed by atoms with Crippen molar-refractivity contribution in [3.63, 3.8) is 0 Å². The first-order valence-electron chi connectivity index (χ1n) is 20.1. The lowest BCUT2D eigenvalue weighted by molar-refractivity contribution is -0.148. The molecule has 2 aromatic carbocycles. The second-order valence-corrected chi connectivity index (χ2v) is 17.2. The van der Waals surface area contributed by atoms with Crippen LogP contribution in [0.3, 0.4) is 0 Å². The van der Waals surface area contributed by atoms with Crippen molar-refractivity contribution in [3.8, 4) is 11.1 Å². The summed E-state index contributed by atoms with van der Waals surface area (Å²) in [4.78, 5) is 57.6. The summed E-state index contributed by atoms with van der Waals surface area (Å²) in [7, 11) is 1.86.